The molecule has 1 N–H and O–H groups in total. The van der Waals surface area contributed by atoms with E-state index in [0.29, 0.717) is 25.5 Å². The number of para-hydroxylation sites is 2. The van der Waals surface area contributed by atoms with Crippen LogP contribution >= 0.6 is 0 Å². The molecule has 0 amide bonds. The molecule has 0 bridgehead atoms. The Labute approximate surface area is 160 Å². The van der Waals surface area contributed by atoms with Gasteiger partial charge in [0.1, 0.15) is 11.6 Å². The van der Waals surface area contributed by atoms with Gasteiger partial charge in [-0.05, 0) is 39.3 Å². The van der Waals surface area contributed by atoms with Crippen molar-refractivity contribution < 1.29 is 13.2 Å². The summed E-state index contributed by atoms with van der Waals surface area (Å²) < 4.78 is 29.4. The molecule has 3 rings (SSSR count). The maximum absolute atomic E-state index is 11.9. The standard InChI is InChI=1S/C19H26N4O3S/c1-4-23(15-10-11-27(24,25)13-15)18-12-14(3)20-19(22-18)21-16-8-6-7-9-17(16)26-5-2/h6-9,12,15H,4-5,10-11,13H2,1-3H3,(H,20,21,22). The fourth-order valence-corrected chi connectivity index (χ4v) is 5.09. The molecule has 0 saturated carbocycles. The van der Waals surface area contributed by atoms with Crippen LogP contribution in [0.4, 0.5) is 17.5 Å². The molecule has 0 radical (unpaired) electrons. The zero-order valence-corrected chi connectivity index (χ0v) is 16.8. The van der Waals surface area contributed by atoms with Gasteiger partial charge in [-0.15, -0.1) is 0 Å². The van der Waals surface area contributed by atoms with E-state index < -0.39 is 9.84 Å². The highest BCUT2D eigenvalue weighted by Crippen LogP contribution is 2.28. The van der Waals surface area contributed by atoms with Crippen molar-refractivity contribution in [3.8, 4) is 5.75 Å². The van der Waals surface area contributed by atoms with Crippen molar-refractivity contribution in [1.29, 1.82) is 0 Å². The van der Waals surface area contributed by atoms with Crippen LogP contribution in [0.5, 0.6) is 5.75 Å². The molecule has 1 aliphatic rings. The number of ether oxygens (including phenoxy) is 1. The van der Waals surface area contributed by atoms with Gasteiger partial charge in [-0.2, -0.15) is 4.98 Å². The summed E-state index contributed by atoms with van der Waals surface area (Å²) in [5, 5.41) is 3.23. The number of rotatable bonds is 7. The molecule has 2 heterocycles. The highest BCUT2D eigenvalue weighted by Gasteiger charge is 2.32. The fraction of sp³-hybridized carbons (Fsp3) is 0.474. The van der Waals surface area contributed by atoms with E-state index in [1.54, 1.807) is 0 Å². The van der Waals surface area contributed by atoms with E-state index in [1.807, 2.05) is 51.1 Å². The molecule has 1 aromatic carbocycles. The topological polar surface area (TPSA) is 84.4 Å². The van der Waals surface area contributed by atoms with Crippen LogP contribution in [-0.2, 0) is 9.84 Å². The third kappa shape index (κ3) is 4.68. The van der Waals surface area contributed by atoms with Gasteiger partial charge in [-0.1, -0.05) is 12.1 Å². The first kappa shape index (κ1) is 19.4. The van der Waals surface area contributed by atoms with E-state index in [1.165, 1.54) is 0 Å². The molecule has 1 fully saturated rings. The minimum atomic E-state index is -2.96. The van der Waals surface area contributed by atoms with Gasteiger partial charge in [0.05, 0.1) is 23.8 Å². The summed E-state index contributed by atoms with van der Waals surface area (Å²) >= 11 is 0. The molecule has 1 unspecified atom stereocenters. The molecular formula is C19H26N4O3S. The summed E-state index contributed by atoms with van der Waals surface area (Å²) in [6.45, 7) is 7.11. The predicted molar refractivity (Wildman–Crippen MR) is 108 cm³/mol. The Morgan fingerprint density at radius 3 is 2.70 bits per heavy atom. The van der Waals surface area contributed by atoms with Crippen LogP contribution < -0.4 is 15.0 Å². The molecule has 0 spiro atoms. The molecule has 146 valence electrons. The van der Waals surface area contributed by atoms with Crippen LogP contribution in [0, 0.1) is 6.92 Å². The molecular weight excluding hydrogens is 364 g/mol. The smallest absolute Gasteiger partial charge is 0.229 e. The fourth-order valence-electron chi connectivity index (χ4n) is 3.36. The summed E-state index contributed by atoms with van der Waals surface area (Å²) in [6, 6.07) is 9.50. The zero-order valence-electron chi connectivity index (χ0n) is 16.0. The van der Waals surface area contributed by atoms with Gasteiger partial charge in [0.2, 0.25) is 5.95 Å². The third-order valence-corrected chi connectivity index (χ3v) is 6.31. The van der Waals surface area contributed by atoms with Crippen LogP contribution in [0.15, 0.2) is 30.3 Å². The lowest BCUT2D eigenvalue weighted by Gasteiger charge is -2.28. The summed E-state index contributed by atoms with van der Waals surface area (Å²) in [7, 11) is -2.96. The van der Waals surface area contributed by atoms with E-state index in [4.69, 9.17) is 4.74 Å². The number of aromatic nitrogens is 2. The average Bonchev–Trinajstić information content (AvgIpc) is 2.97. The Morgan fingerprint density at radius 2 is 2.04 bits per heavy atom. The summed E-state index contributed by atoms with van der Waals surface area (Å²) in [4.78, 5) is 11.2. The highest BCUT2D eigenvalue weighted by molar-refractivity contribution is 7.91. The van der Waals surface area contributed by atoms with Gasteiger partial charge in [-0.25, -0.2) is 13.4 Å². The van der Waals surface area contributed by atoms with E-state index in [0.717, 1.165) is 22.9 Å². The predicted octanol–water partition coefficient (Wildman–Crippen LogP) is 2.94. The van der Waals surface area contributed by atoms with Crippen molar-refractivity contribution in [3.63, 3.8) is 0 Å². The number of nitrogens with one attached hydrogen (secondary N) is 1. The van der Waals surface area contributed by atoms with Crippen LogP contribution in [0.3, 0.4) is 0 Å². The Bertz CT molecular complexity index is 902. The lowest BCUT2D eigenvalue weighted by atomic mass is 10.2. The summed E-state index contributed by atoms with van der Waals surface area (Å²) in [5.74, 6) is 2.37. The quantitative estimate of drug-likeness (QED) is 0.778. The SMILES string of the molecule is CCOc1ccccc1Nc1nc(C)cc(N(CC)C2CCS(=O)(=O)C2)n1. The van der Waals surface area contributed by atoms with Gasteiger partial charge in [0.25, 0.3) is 0 Å². The monoisotopic (exact) mass is 390 g/mol. The second-order valence-corrected chi connectivity index (χ2v) is 8.82. The van der Waals surface area contributed by atoms with Crippen LogP contribution in [0.25, 0.3) is 0 Å². The Hall–Kier alpha value is -2.35. The van der Waals surface area contributed by atoms with Gasteiger partial charge in [0, 0.05) is 24.3 Å². The molecule has 1 aromatic heterocycles. The second kappa shape index (κ2) is 8.12. The Morgan fingerprint density at radius 1 is 1.26 bits per heavy atom. The van der Waals surface area contributed by atoms with Gasteiger partial charge < -0.3 is 15.0 Å². The number of hydrogen-bond donors (Lipinski definition) is 1. The maximum Gasteiger partial charge on any atom is 0.229 e. The average molecular weight is 391 g/mol. The minimum absolute atomic E-state index is 0.0436. The first-order valence-electron chi connectivity index (χ1n) is 9.23. The van der Waals surface area contributed by atoms with Crippen LogP contribution in [0.2, 0.25) is 0 Å². The van der Waals surface area contributed by atoms with Crippen molar-refractivity contribution in [2.75, 3.05) is 34.9 Å². The first-order valence-corrected chi connectivity index (χ1v) is 11.1. The maximum atomic E-state index is 11.9. The highest BCUT2D eigenvalue weighted by atomic mass is 32.2. The number of nitrogens with zero attached hydrogens (tertiary/aromatic N) is 3. The molecule has 1 aliphatic heterocycles. The molecule has 27 heavy (non-hydrogen) atoms. The first-order chi connectivity index (χ1) is 12.9. The van der Waals surface area contributed by atoms with Crippen molar-refractivity contribution in [2.45, 2.75) is 33.2 Å². The minimum Gasteiger partial charge on any atom is -0.492 e. The summed E-state index contributed by atoms with van der Waals surface area (Å²) in [5.41, 5.74) is 1.61. The van der Waals surface area contributed by atoms with Crippen LogP contribution in [0.1, 0.15) is 26.0 Å². The molecule has 1 saturated heterocycles. The van der Waals surface area contributed by atoms with Crippen molar-refractivity contribution in [2.24, 2.45) is 0 Å². The normalized spacial score (nSPS) is 18.3. The largest absolute Gasteiger partial charge is 0.492 e. The lowest BCUT2D eigenvalue weighted by Crippen LogP contribution is -2.36. The summed E-state index contributed by atoms with van der Waals surface area (Å²) in [6.07, 6.45) is 0.634. The molecule has 8 heteroatoms. The number of anilines is 3. The van der Waals surface area contributed by atoms with Crippen LogP contribution in [-0.4, -0.2) is 49.1 Å². The number of sulfone groups is 1. The van der Waals surface area contributed by atoms with E-state index in [9.17, 15) is 8.42 Å². The number of aryl methyl sites for hydroxylation is 1. The van der Waals surface area contributed by atoms with Gasteiger partial charge in [-0.3, -0.25) is 0 Å². The van der Waals surface area contributed by atoms with Crippen molar-refractivity contribution >= 4 is 27.3 Å². The molecule has 0 aliphatic carbocycles. The van der Waals surface area contributed by atoms with Crippen molar-refractivity contribution in [1.82, 2.24) is 9.97 Å². The molecule has 2 aromatic rings. The Balaban J connectivity index is 1.88. The second-order valence-electron chi connectivity index (χ2n) is 6.59. The molecule has 7 nitrogen and oxygen atoms in total. The number of benzene rings is 1. The zero-order chi connectivity index (χ0) is 19.4. The van der Waals surface area contributed by atoms with Gasteiger partial charge >= 0.3 is 0 Å². The lowest BCUT2D eigenvalue weighted by molar-refractivity contribution is 0.342. The van der Waals surface area contributed by atoms with E-state index in [2.05, 4.69) is 20.2 Å². The third-order valence-electron chi connectivity index (χ3n) is 4.56. The van der Waals surface area contributed by atoms with E-state index in [-0.39, 0.29) is 17.5 Å². The van der Waals surface area contributed by atoms with Gasteiger partial charge in [0.15, 0.2) is 9.84 Å². The Kier molecular flexibility index (Phi) is 5.84. The number of hydrogen-bond acceptors (Lipinski definition) is 7. The molecule has 1 atom stereocenters. The van der Waals surface area contributed by atoms with Crippen molar-refractivity contribution in [3.05, 3.63) is 36.0 Å². The van der Waals surface area contributed by atoms with E-state index >= 15 is 0 Å².